The van der Waals surface area contributed by atoms with E-state index in [0.29, 0.717) is 23.2 Å². The van der Waals surface area contributed by atoms with E-state index < -0.39 is 0 Å². The third-order valence-electron chi connectivity index (χ3n) is 5.37. The van der Waals surface area contributed by atoms with Crippen LogP contribution in [0.15, 0.2) is 48.5 Å². The summed E-state index contributed by atoms with van der Waals surface area (Å²) < 4.78 is 0. The van der Waals surface area contributed by atoms with E-state index in [4.69, 9.17) is 11.6 Å². The molecule has 3 rings (SSSR count). The Morgan fingerprint density at radius 2 is 1.76 bits per heavy atom. The molecule has 1 unspecified atom stereocenters. The number of likely N-dealkylation sites (tertiary alicyclic amines) is 1. The minimum atomic E-state index is -0.359. The predicted molar refractivity (Wildman–Crippen MR) is 116 cm³/mol. The molecule has 1 heterocycles. The average Bonchev–Trinajstić information content (AvgIpc) is 2.73. The Morgan fingerprint density at radius 3 is 2.48 bits per heavy atom. The first-order valence-corrected chi connectivity index (χ1v) is 10.5. The number of amides is 2. The van der Waals surface area contributed by atoms with Crippen molar-refractivity contribution in [3.8, 4) is 0 Å². The van der Waals surface area contributed by atoms with E-state index in [1.54, 1.807) is 24.3 Å². The van der Waals surface area contributed by atoms with Gasteiger partial charge in [-0.15, -0.1) is 0 Å². The molecule has 1 aliphatic heterocycles. The average molecular weight is 414 g/mol. The van der Waals surface area contributed by atoms with Gasteiger partial charge in [-0.2, -0.15) is 0 Å². The second-order valence-electron chi connectivity index (χ2n) is 7.57. The summed E-state index contributed by atoms with van der Waals surface area (Å²) in [6.07, 6.45) is 3.88. The summed E-state index contributed by atoms with van der Waals surface area (Å²) in [6.45, 7) is 4.78. The van der Waals surface area contributed by atoms with E-state index in [9.17, 15) is 9.59 Å². The van der Waals surface area contributed by atoms with Gasteiger partial charge in [0, 0.05) is 19.1 Å². The molecular weight excluding hydrogens is 386 g/mol. The smallest absolute Gasteiger partial charge is 0.253 e. The fraction of sp³-hybridized carbons (Fsp3) is 0.391. The fourth-order valence-corrected chi connectivity index (χ4v) is 3.78. The number of rotatable bonds is 7. The Hall–Kier alpha value is -2.37. The zero-order chi connectivity index (χ0) is 20.6. The standard InChI is InChI=1S/C23H28ClN3O2/c1-17-6-4-5-13-27(17)16-19-11-9-18(10-12-19)14-25-22(28)15-26-23(29)20-7-2-3-8-21(20)24/h2-3,7-12,17H,4-6,13-16H2,1H3,(H,25,28)(H,26,29). The largest absolute Gasteiger partial charge is 0.350 e. The lowest BCUT2D eigenvalue weighted by atomic mass is 10.0. The van der Waals surface area contributed by atoms with Crippen LogP contribution in [0.3, 0.4) is 0 Å². The van der Waals surface area contributed by atoms with Gasteiger partial charge in [0.2, 0.25) is 5.91 Å². The van der Waals surface area contributed by atoms with Crippen LogP contribution < -0.4 is 10.6 Å². The van der Waals surface area contributed by atoms with Crippen molar-refractivity contribution < 1.29 is 9.59 Å². The van der Waals surface area contributed by atoms with Crippen molar-refractivity contribution in [1.29, 1.82) is 0 Å². The molecule has 5 nitrogen and oxygen atoms in total. The number of nitrogens with zero attached hydrogens (tertiary/aromatic N) is 1. The van der Waals surface area contributed by atoms with Crippen LogP contribution in [0.25, 0.3) is 0 Å². The normalized spacial score (nSPS) is 17.0. The third-order valence-corrected chi connectivity index (χ3v) is 5.70. The van der Waals surface area contributed by atoms with Crippen molar-refractivity contribution >= 4 is 23.4 Å². The maximum absolute atomic E-state index is 12.1. The van der Waals surface area contributed by atoms with Gasteiger partial charge in [-0.1, -0.05) is 54.4 Å². The van der Waals surface area contributed by atoms with Crippen LogP contribution in [0, 0.1) is 0 Å². The maximum Gasteiger partial charge on any atom is 0.253 e. The lowest BCUT2D eigenvalue weighted by Crippen LogP contribution is -2.37. The van der Waals surface area contributed by atoms with Gasteiger partial charge in [0.25, 0.3) is 5.91 Å². The van der Waals surface area contributed by atoms with E-state index in [1.807, 2.05) is 12.1 Å². The van der Waals surface area contributed by atoms with Crippen LogP contribution in [-0.2, 0) is 17.9 Å². The molecule has 2 aromatic rings. The molecule has 154 valence electrons. The highest BCUT2D eigenvalue weighted by atomic mass is 35.5. The number of nitrogens with one attached hydrogen (secondary N) is 2. The minimum absolute atomic E-state index is 0.0883. The SMILES string of the molecule is CC1CCCCN1Cc1ccc(CNC(=O)CNC(=O)c2ccccc2Cl)cc1. The van der Waals surface area contributed by atoms with Crippen molar-refractivity contribution in [2.75, 3.05) is 13.1 Å². The first-order chi connectivity index (χ1) is 14.0. The molecule has 1 fully saturated rings. The molecule has 0 aromatic heterocycles. The van der Waals surface area contributed by atoms with Gasteiger partial charge in [0.15, 0.2) is 0 Å². The van der Waals surface area contributed by atoms with Gasteiger partial charge in [-0.25, -0.2) is 0 Å². The molecule has 2 aromatic carbocycles. The van der Waals surface area contributed by atoms with Gasteiger partial charge < -0.3 is 10.6 Å². The van der Waals surface area contributed by atoms with Gasteiger partial charge in [-0.05, 0) is 49.6 Å². The molecule has 1 saturated heterocycles. The number of halogens is 1. The number of hydrogen-bond donors (Lipinski definition) is 2. The molecule has 29 heavy (non-hydrogen) atoms. The van der Waals surface area contributed by atoms with Gasteiger partial charge >= 0.3 is 0 Å². The summed E-state index contributed by atoms with van der Waals surface area (Å²) >= 11 is 5.99. The van der Waals surface area contributed by atoms with Crippen LogP contribution in [0.1, 0.15) is 47.7 Å². The van der Waals surface area contributed by atoms with E-state index >= 15 is 0 Å². The topological polar surface area (TPSA) is 61.4 Å². The fourth-order valence-electron chi connectivity index (χ4n) is 3.55. The lowest BCUT2D eigenvalue weighted by Gasteiger charge is -2.33. The van der Waals surface area contributed by atoms with E-state index in [2.05, 4.69) is 34.6 Å². The number of piperidine rings is 1. The zero-order valence-corrected chi connectivity index (χ0v) is 17.5. The summed E-state index contributed by atoms with van der Waals surface area (Å²) in [5.74, 6) is -0.598. The van der Waals surface area contributed by atoms with Crippen molar-refractivity contribution in [3.05, 3.63) is 70.2 Å². The quantitative estimate of drug-likeness (QED) is 0.726. The summed E-state index contributed by atoms with van der Waals surface area (Å²) in [6, 6.07) is 15.8. The third kappa shape index (κ3) is 6.31. The van der Waals surface area contributed by atoms with Crippen LogP contribution in [0.2, 0.25) is 5.02 Å². The molecule has 6 heteroatoms. The highest BCUT2D eigenvalue weighted by Gasteiger charge is 2.18. The molecule has 2 amide bonds. The van der Waals surface area contributed by atoms with Crippen molar-refractivity contribution in [1.82, 2.24) is 15.5 Å². The highest BCUT2D eigenvalue weighted by molar-refractivity contribution is 6.33. The lowest BCUT2D eigenvalue weighted by molar-refractivity contribution is -0.120. The van der Waals surface area contributed by atoms with Crippen molar-refractivity contribution in [3.63, 3.8) is 0 Å². The number of benzene rings is 2. The highest BCUT2D eigenvalue weighted by Crippen LogP contribution is 2.19. The zero-order valence-electron chi connectivity index (χ0n) is 16.8. The Balaban J connectivity index is 1.42. The Kier molecular flexibility index (Phi) is 7.67. The van der Waals surface area contributed by atoms with Crippen molar-refractivity contribution in [2.45, 2.75) is 45.3 Å². The molecule has 0 bridgehead atoms. The van der Waals surface area contributed by atoms with E-state index in [-0.39, 0.29) is 18.4 Å². The van der Waals surface area contributed by atoms with Crippen LogP contribution in [0.5, 0.6) is 0 Å². The summed E-state index contributed by atoms with van der Waals surface area (Å²) in [5, 5.41) is 5.79. The number of carbonyl (C=O) groups excluding carboxylic acids is 2. The number of hydrogen-bond acceptors (Lipinski definition) is 3. The Bertz CT molecular complexity index is 838. The summed E-state index contributed by atoms with van der Waals surface area (Å²) in [4.78, 5) is 26.7. The molecular formula is C23H28ClN3O2. The van der Waals surface area contributed by atoms with E-state index in [0.717, 1.165) is 12.1 Å². The van der Waals surface area contributed by atoms with Crippen LogP contribution in [0.4, 0.5) is 0 Å². The summed E-state index contributed by atoms with van der Waals surface area (Å²) in [5.41, 5.74) is 2.69. The van der Waals surface area contributed by atoms with Crippen LogP contribution in [-0.4, -0.2) is 35.8 Å². The predicted octanol–water partition coefficient (Wildman–Crippen LogP) is 3.76. The Labute approximate surface area is 177 Å². The van der Waals surface area contributed by atoms with Crippen molar-refractivity contribution in [2.24, 2.45) is 0 Å². The molecule has 0 radical (unpaired) electrons. The molecule has 1 atom stereocenters. The molecule has 2 N–H and O–H groups in total. The maximum atomic E-state index is 12.1. The van der Waals surface area contributed by atoms with Gasteiger partial charge in [-0.3, -0.25) is 14.5 Å². The molecule has 0 aliphatic carbocycles. The second kappa shape index (κ2) is 10.4. The van der Waals surface area contributed by atoms with Crippen LogP contribution >= 0.6 is 11.6 Å². The monoisotopic (exact) mass is 413 g/mol. The van der Waals surface area contributed by atoms with E-state index in [1.165, 1.54) is 31.4 Å². The molecule has 0 spiro atoms. The first-order valence-electron chi connectivity index (χ1n) is 10.1. The number of carbonyl (C=O) groups is 2. The minimum Gasteiger partial charge on any atom is -0.350 e. The van der Waals surface area contributed by atoms with Gasteiger partial charge in [0.05, 0.1) is 17.1 Å². The Morgan fingerprint density at radius 1 is 1.03 bits per heavy atom. The molecule has 0 saturated carbocycles. The van der Waals surface area contributed by atoms with Gasteiger partial charge in [0.1, 0.15) is 0 Å². The summed E-state index contributed by atoms with van der Waals surface area (Å²) in [7, 11) is 0. The molecule has 1 aliphatic rings. The second-order valence-corrected chi connectivity index (χ2v) is 7.98. The first kappa shape index (κ1) is 21.3.